The molecule has 0 saturated heterocycles. The molecule has 4 nitrogen and oxygen atoms in total. The zero-order chi connectivity index (χ0) is 34.4. The molecule has 0 atom stereocenters. The minimum Gasteiger partial charge on any atom is -0.391 e. The summed E-state index contributed by atoms with van der Waals surface area (Å²) in [5.41, 5.74) is 12.7. The van der Waals surface area contributed by atoms with Crippen molar-refractivity contribution in [2.45, 2.75) is 41.2 Å². The number of hydrogen-bond donors (Lipinski definition) is 0. The summed E-state index contributed by atoms with van der Waals surface area (Å²) in [6, 6.07) is 52.4. The van der Waals surface area contributed by atoms with Gasteiger partial charge in [0.2, 0.25) is 0 Å². The summed E-state index contributed by atoms with van der Waals surface area (Å²) in [5, 5.41) is 1.13. The highest BCUT2D eigenvalue weighted by Crippen LogP contribution is 2.38. The quantitative estimate of drug-likeness (QED) is 0.122. The third-order valence-electron chi connectivity index (χ3n) is 8.85. The highest BCUT2D eigenvalue weighted by molar-refractivity contribution is 6.80. The molecule has 0 N–H and O–H groups in total. The first-order valence-electron chi connectivity index (χ1n) is 17.2. The van der Waals surface area contributed by atoms with E-state index in [-0.39, 0.29) is 0 Å². The van der Waals surface area contributed by atoms with Crippen molar-refractivity contribution in [1.82, 2.24) is 0 Å². The van der Waals surface area contributed by atoms with Gasteiger partial charge in [0.05, 0.1) is 0 Å². The summed E-state index contributed by atoms with van der Waals surface area (Å²) in [7, 11) is -2.47. The van der Waals surface area contributed by atoms with Crippen LogP contribution in [0.4, 0.5) is 34.1 Å². The molecule has 0 fully saturated rings. The van der Waals surface area contributed by atoms with Gasteiger partial charge in [-0.3, -0.25) is 0 Å². The summed E-state index contributed by atoms with van der Waals surface area (Å²) in [5.74, 6) is 0. The van der Waals surface area contributed by atoms with E-state index < -0.39 is 8.56 Å². The Bertz CT molecular complexity index is 1940. The second-order valence-corrected chi connectivity index (χ2v) is 15.7. The predicted octanol–water partition coefficient (Wildman–Crippen LogP) is 11.6. The number of anilines is 6. The first kappa shape index (κ1) is 33.9. The lowest BCUT2D eigenvalue weighted by molar-refractivity contribution is 0.202. The highest BCUT2D eigenvalue weighted by atomic mass is 28.4. The van der Waals surface area contributed by atoms with Crippen molar-refractivity contribution in [3.8, 4) is 11.1 Å². The van der Waals surface area contributed by atoms with Crippen molar-refractivity contribution in [2.24, 2.45) is 0 Å². The zero-order valence-electron chi connectivity index (χ0n) is 29.5. The van der Waals surface area contributed by atoms with E-state index in [0.29, 0.717) is 13.2 Å². The molecule has 0 radical (unpaired) electrons. The van der Waals surface area contributed by atoms with Gasteiger partial charge in [0.15, 0.2) is 0 Å². The van der Waals surface area contributed by atoms with E-state index in [1.807, 2.05) is 13.8 Å². The van der Waals surface area contributed by atoms with E-state index in [9.17, 15) is 0 Å². The second kappa shape index (κ2) is 15.1. The average molecular weight is 663 g/mol. The minimum absolute atomic E-state index is 0.632. The first-order valence-corrected chi connectivity index (χ1v) is 19.5. The SMILES string of the molecule is CCO[Si](C)(OCC)c1ccc(N(c2ccc(-c3ccc(N(c4cccc(C)c4)c4cccc(C)c4)cc3)cc2)c2cccc(C)c2)cc1. The molecule has 0 unspecified atom stereocenters. The molecule has 248 valence electrons. The summed E-state index contributed by atoms with van der Waals surface area (Å²) in [6.07, 6.45) is 0. The monoisotopic (exact) mass is 662 g/mol. The number of rotatable bonds is 12. The fourth-order valence-electron chi connectivity index (χ4n) is 6.47. The van der Waals surface area contributed by atoms with Gasteiger partial charge in [-0.05, 0) is 147 Å². The standard InChI is InChI=1S/C44H46N2O2Si/c1-7-47-49(6,48-8-2)44-28-26-40(27-29-44)45(41-15-9-12-33(3)30-41)38-22-18-36(19-23-38)37-20-24-39(25-21-37)46(42-16-10-13-34(4)31-42)43-17-11-14-35(5)32-43/h9-32H,7-8H2,1-6H3. The van der Waals surface area contributed by atoms with Gasteiger partial charge in [-0.15, -0.1) is 0 Å². The molecule has 6 rings (SSSR count). The van der Waals surface area contributed by atoms with Crippen molar-refractivity contribution in [2.75, 3.05) is 23.0 Å². The molecular formula is C44H46N2O2Si. The van der Waals surface area contributed by atoms with Crippen LogP contribution in [0.25, 0.3) is 11.1 Å². The van der Waals surface area contributed by atoms with Crippen molar-refractivity contribution in [3.63, 3.8) is 0 Å². The van der Waals surface area contributed by atoms with Crippen molar-refractivity contribution >= 4 is 47.9 Å². The third-order valence-corrected chi connectivity index (χ3v) is 11.9. The lowest BCUT2D eigenvalue weighted by atomic mass is 10.0. The lowest BCUT2D eigenvalue weighted by Gasteiger charge is -2.29. The van der Waals surface area contributed by atoms with Crippen LogP contribution in [0, 0.1) is 20.8 Å². The van der Waals surface area contributed by atoms with Crippen LogP contribution in [0.3, 0.4) is 0 Å². The van der Waals surface area contributed by atoms with Crippen LogP contribution in [0.5, 0.6) is 0 Å². The van der Waals surface area contributed by atoms with Crippen LogP contribution in [0.2, 0.25) is 6.55 Å². The maximum Gasteiger partial charge on any atom is 0.369 e. The zero-order valence-corrected chi connectivity index (χ0v) is 30.5. The number of aryl methyl sites for hydroxylation is 3. The Morgan fingerprint density at radius 1 is 0.429 bits per heavy atom. The summed E-state index contributed by atoms with van der Waals surface area (Å²) < 4.78 is 12.3. The van der Waals surface area contributed by atoms with E-state index in [2.05, 4.69) is 183 Å². The Balaban J connectivity index is 1.32. The molecule has 0 amide bonds. The molecule has 0 aromatic heterocycles. The largest absolute Gasteiger partial charge is 0.391 e. The van der Waals surface area contributed by atoms with E-state index in [4.69, 9.17) is 8.85 Å². The second-order valence-electron chi connectivity index (χ2n) is 12.6. The summed E-state index contributed by atoms with van der Waals surface area (Å²) in [4.78, 5) is 4.64. The number of nitrogens with zero attached hydrogens (tertiary/aromatic N) is 2. The molecule has 6 aromatic carbocycles. The van der Waals surface area contributed by atoms with Crippen LogP contribution in [-0.4, -0.2) is 21.8 Å². The third kappa shape index (κ3) is 7.70. The van der Waals surface area contributed by atoms with Crippen LogP contribution in [0.15, 0.2) is 146 Å². The summed E-state index contributed by atoms with van der Waals surface area (Å²) in [6.45, 7) is 13.9. The van der Waals surface area contributed by atoms with Gasteiger partial charge >= 0.3 is 8.56 Å². The van der Waals surface area contributed by atoms with Gasteiger partial charge in [-0.2, -0.15) is 0 Å². The maximum absolute atomic E-state index is 6.17. The Morgan fingerprint density at radius 2 is 0.755 bits per heavy atom. The predicted molar refractivity (Wildman–Crippen MR) is 210 cm³/mol. The van der Waals surface area contributed by atoms with E-state index in [1.54, 1.807) is 0 Å². The van der Waals surface area contributed by atoms with Crippen LogP contribution in [-0.2, 0) is 8.85 Å². The van der Waals surface area contributed by atoms with E-state index >= 15 is 0 Å². The van der Waals surface area contributed by atoms with Gasteiger partial charge < -0.3 is 18.7 Å². The molecule has 49 heavy (non-hydrogen) atoms. The van der Waals surface area contributed by atoms with Gasteiger partial charge in [-0.25, -0.2) is 0 Å². The van der Waals surface area contributed by atoms with Gasteiger partial charge in [-0.1, -0.05) is 72.8 Å². The highest BCUT2D eigenvalue weighted by Gasteiger charge is 2.33. The molecule has 0 aliphatic carbocycles. The lowest BCUT2D eigenvalue weighted by Crippen LogP contribution is -2.51. The fraction of sp³-hybridized carbons (Fsp3) is 0.182. The molecule has 0 saturated carbocycles. The molecule has 0 spiro atoms. The molecule has 0 aliphatic heterocycles. The topological polar surface area (TPSA) is 24.9 Å². The smallest absolute Gasteiger partial charge is 0.369 e. The van der Waals surface area contributed by atoms with Gasteiger partial charge in [0, 0.05) is 47.3 Å². The molecule has 0 bridgehead atoms. The van der Waals surface area contributed by atoms with Gasteiger partial charge in [0.1, 0.15) is 0 Å². The summed E-state index contributed by atoms with van der Waals surface area (Å²) >= 11 is 0. The van der Waals surface area contributed by atoms with Crippen molar-refractivity contribution in [3.05, 3.63) is 162 Å². The van der Waals surface area contributed by atoms with E-state index in [1.165, 1.54) is 27.8 Å². The van der Waals surface area contributed by atoms with Gasteiger partial charge in [0.25, 0.3) is 0 Å². The minimum atomic E-state index is -2.47. The van der Waals surface area contributed by atoms with Crippen molar-refractivity contribution < 1.29 is 8.85 Å². The van der Waals surface area contributed by atoms with Crippen molar-refractivity contribution in [1.29, 1.82) is 0 Å². The van der Waals surface area contributed by atoms with Crippen LogP contribution in [0.1, 0.15) is 30.5 Å². The molecule has 6 aromatic rings. The fourth-order valence-corrected chi connectivity index (χ4v) is 8.76. The van der Waals surface area contributed by atoms with E-state index in [0.717, 1.165) is 39.3 Å². The Labute approximate surface area is 293 Å². The normalized spacial score (nSPS) is 11.4. The molecule has 0 aliphatic rings. The average Bonchev–Trinajstić information content (AvgIpc) is 3.10. The maximum atomic E-state index is 6.17. The van der Waals surface area contributed by atoms with Crippen LogP contribution >= 0.6 is 0 Å². The number of benzene rings is 6. The first-order chi connectivity index (χ1) is 23.8. The molecule has 0 heterocycles. The molecule has 5 heteroatoms. The number of hydrogen-bond acceptors (Lipinski definition) is 4. The van der Waals surface area contributed by atoms with Crippen LogP contribution < -0.4 is 15.0 Å². The Morgan fingerprint density at radius 3 is 1.08 bits per heavy atom. The Hall–Kier alpha value is -4.94. The molecular weight excluding hydrogens is 617 g/mol. The Kier molecular flexibility index (Phi) is 10.4.